The van der Waals surface area contributed by atoms with Gasteiger partial charge in [-0.2, -0.15) is 5.10 Å². The van der Waals surface area contributed by atoms with Crippen molar-refractivity contribution in [1.29, 1.82) is 0 Å². The fourth-order valence-corrected chi connectivity index (χ4v) is 1.34. The third-order valence-corrected chi connectivity index (χ3v) is 2.06. The number of hydrogen-bond acceptors (Lipinski definition) is 3. The Hall–Kier alpha value is -1.65. The van der Waals surface area contributed by atoms with Crippen LogP contribution in [0.3, 0.4) is 0 Å². The minimum absolute atomic E-state index is 0.113. The number of aromatic nitrogens is 2. The van der Waals surface area contributed by atoms with Crippen LogP contribution in [-0.2, 0) is 21.4 Å². The maximum Gasteiger partial charge on any atom is 0.372 e. The first kappa shape index (κ1) is 11.4. The first-order valence-electron chi connectivity index (χ1n) is 4.61. The van der Waals surface area contributed by atoms with Crippen molar-refractivity contribution in [3.05, 3.63) is 17.5 Å². The van der Waals surface area contributed by atoms with Gasteiger partial charge in [-0.3, -0.25) is 9.89 Å². The van der Waals surface area contributed by atoms with Crippen molar-refractivity contribution in [3.8, 4) is 0 Å². The molecule has 0 aliphatic carbocycles. The number of carbonyl (C=O) groups excluding carboxylic acids is 1. The second-order valence-corrected chi connectivity index (χ2v) is 4.43. The van der Waals surface area contributed by atoms with Crippen molar-refractivity contribution in [2.45, 2.75) is 32.6 Å². The van der Waals surface area contributed by atoms with Crippen LogP contribution in [0.1, 0.15) is 32.0 Å². The molecule has 5 heteroatoms. The number of ketones is 1. The van der Waals surface area contributed by atoms with Crippen molar-refractivity contribution < 1.29 is 14.7 Å². The largest absolute Gasteiger partial charge is 0.475 e. The zero-order chi connectivity index (χ0) is 11.6. The number of H-pyrrole nitrogens is 1. The molecule has 1 aromatic rings. The van der Waals surface area contributed by atoms with Gasteiger partial charge in [-0.15, -0.1) is 0 Å². The van der Waals surface area contributed by atoms with Crippen LogP contribution in [0.2, 0.25) is 0 Å². The summed E-state index contributed by atoms with van der Waals surface area (Å²) in [6.45, 7) is 5.90. The zero-order valence-corrected chi connectivity index (χ0v) is 9.00. The van der Waals surface area contributed by atoms with Gasteiger partial charge in [0.15, 0.2) is 0 Å². The Labute approximate surface area is 87.5 Å². The number of hydrogen-bond donors (Lipinski definition) is 2. The average molecular weight is 210 g/mol. The maximum atomic E-state index is 11.0. The van der Waals surface area contributed by atoms with Crippen molar-refractivity contribution in [3.63, 3.8) is 0 Å². The Bertz CT molecular complexity index is 388. The van der Waals surface area contributed by atoms with Crippen LogP contribution in [-0.4, -0.2) is 27.1 Å². The molecule has 1 aromatic heterocycles. The van der Waals surface area contributed by atoms with E-state index >= 15 is 0 Å². The Balaban J connectivity index is 2.92. The predicted molar refractivity (Wildman–Crippen MR) is 53.6 cm³/mol. The van der Waals surface area contributed by atoms with Gasteiger partial charge in [-0.25, -0.2) is 4.79 Å². The van der Waals surface area contributed by atoms with E-state index in [1.54, 1.807) is 0 Å². The van der Waals surface area contributed by atoms with Crippen LogP contribution in [0.15, 0.2) is 6.20 Å². The predicted octanol–water partition coefficient (Wildman–Crippen LogP) is 0.903. The Morgan fingerprint density at radius 2 is 2.07 bits per heavy atom. The van der Waals surface area contributed by atoms with E-state index in [2.05, 4.69) is 10.2 Å². The first-order valence-corrected chi connectivity index (χ1v) is 4.61. The summed E-state index contributed by atoms with van der Waals surface area (Å²) >= 11 is 0. The summed E-state index contributed by atoms with van der Waals surface area (Å²) in [7, 11) is 0. The Morgan fingerprint density at radius 1 is 1.47 bits per heavy atom. The van der Waals surface area contributed by atoms with Gasteiger partial charge < -0.3 is 5.11 Å². The summed E-state index contributed by atoms with van der Waals surface area (Å²) in [4.78, 5) is 21.5. The molecule has 0 aliphatic heterocycles. The highest BCUT2D eigenvalue weighted by atomic mass is 16.4. The number of nitrogens with zero attached hydrogens (tertiary/aromatic N) is 1. The van der Waals surface area contributed by atoms with Crippen LogP contribution < -0.4 is 0 Å². The summed E-state index contributed by atoms with van der Waals surface area (Å²) in [5, 5.41) is 15.1. The standard InChI is InChI=1S/C10H14N2O3/c1-10(2,3)8-6(5-11-12-8)4-7(13)9(14)15/h5H,4H2,1-3H3,(H,11,12)(H,14,15). The van der Waals surface area contributed by atoms with E-state index < -0.39 is 11.8 Å². The van der Waals surface area contributed by atoms with Gasteiger partial charge in [-0.05, 0) is 0 Å². The van der Waals surface area contributed by atoms with Gasteiger partial charge in [0.1, 0.15) is 0 Å². The molecular formula is C10H14N2O3. The number of carbonyl (C=O) groups is 2. The van der Waals surface area contributed by atoms with Crippen LogP contribution in [0.5, 0.6) is 0 Å². The van der Waals surface area contributed by atoms with Crippen molar-refractivity contribution in [2.75, 3.05) is 0 Å². The molecule has 0 radical (unpaired) electrons. The molecule has 0 unspecified atom stereocenters. The van der Waals surface area contributed by atoms with Gasteiger partial charge in [0.05, 0.1) is 6.20 Å². The highest BCUT2D eigenvalue weighted by molar-refractivity contribution is 6.33. The minimum Gasteiger partial charge on any atom is -0.475 e. The number of Topliss-reactive ketones (excluding diaryl/α,β-unsaturated/α-hetero) is 1. The van der Waals surface area contributed by atoms with Crippen LogP contribution >= 0.6 is 0 Å². The highest BCUT2D eigenvalue weighted by Gasteiger charge is 2.23. The molecule has 1 heterocycles. The van der Waals surface area contributed by atoms with Crippen molar-refractivity contribution in [2.24, 2.45) is 0 Å². The number of aliphatic carboxylic acids is 1. The maximum absolute atomic E-state index is 11.0. The van der Waals surface area contributed by atoms with Gasteiger partial charge in [0.25, 0.3) is 0 Å². The number of carboxylic acids is 1. The van der Waals surface area contributed by atoms with E-state index in [-0.39, 0.29) is 11.8 Å². The molecule has 0 aromatic carbocycles. The van der Waals surface area contributed by atoms with Crippen LogP contribution in [0.4, 0.5) is 0 Å². The molecule has 0 saturated carbocycles. The lowest BCUT2D eigenvalue weighted by Gasteiger charge is -2.17. The third kappa shape index (κ3) is 2.65. The summed E-state index contributed by atoms with van der Waals surface area (Å²) in [6.07, 6.45) is 1.39. The number of nitrogens with one attached hydrogen (secondary N) is 1. The molecule has 5 nitrogen and oxygen atoms in total. The molecule has 2 N–H and O–H groups in total. The lowest BCUT2D eigenvalue weighted by Crippen LogP contribution is -2.19. The summed E-state index contributed by atoms with van der Waals surface area (Å²) < 4.78 is 0. The molecule has 0 saturated heterocycles. The third-order valence-electron chi connectivity index (χ3n) is 2.06. The number of aromatic amines is 1. The second kappa shape index (κ2) is 3.84. The van der Waals surface area contributed by atoms with Gasteiger partial charge in [-0.1, -0.05) is 20.8 Å². The summed E-state index contributed by atoms with van der Waals surface area (Å²) in [6, 6.07) is 0. The fraction of sp³-hybridized carbons (Fsp3) is 0.500. The van der Waals surface area contributed by atoms with E-state index in [0.717, 1.165) is 5.69 Å². The number of rotatable bonds is 3. The molecule has 0 bridgehead atoms. The summed E-state index contributed by atoms with van der Waals surface area (Å²) in [5.74, 6) is -2.22. The number of carboxylic acid groups (broad SMARTS) is 1. The zero-order valence-electron chi connectivity index (χ0n) is 9.00. The van der Waals surface area contributed by atoms with E-state index in [1.807, 2.05) is 20.8 Å². The van der Waals surface area contributed by atoms with Crippen LogP contribution in [0, 0.1) is 0 Å². The van der Waals surface area contributed by atoms with Crippen LogP contribution in [0.25, 0.3) is 0 Å². The lowest BCUT2D eigenvalue weighted by atomic mass is 9.88. The van der Waals surface area contributed by atoms with E-state index in [1.165, 1.54) is 6.20 Å². The molecule has 0 fully saturated rings. The molecule has 1 rings (SSSR count). The van der Waals surface area contributed by atoms with Crippen molar-refractivity contribution in [1.82, 2.24) is 10.2 Å². The Morgan fingerprint density at radius 3 is 2.53 bits per heavy atom. The fourth-order valence-electron chi connectivity index (χ4n) is 1.34. The van der Waals surface area contributed by atoms with E-state index in [4.69, 9.17) is 5.11 Å². The average Bonchev–Trinajstić information content (AvgIpc) is 2.50. The van der Waals surface area contributed by atoms with Gasteiger partial charge in [0, 0.05) is 23.1 Å². The molecule has 0 amide bonds. The molecule has 0 spiro atoms. The highest BCUT2D eigenvalue weighted by Crippen LogP contribution is 2.23. The topological polar surface area (TPSA) is 83.0 Å². The Kier molecular flexibility index (Phi) is 2.93. The molecule has 0 aliphatic rings. The molecule has 82 valence electrons. The normalized spacial score (nSPS) is 11.4. The SMILES string of the molecule is CC(C)(C)c1[nH]ncc1CC(=O)C(=O)O. The molecular weight excluding hydrogens is 196 g/mol. The second-order valence-electron chi connectivity index (χ2n) is 4.43. The van der Waals surface area contributed by atoms with E-state index in [0.29, 0.717) is 5.56 Å². The first-order chi connectivity index (χ1) is 6.82. The quantitative estimate of drug-likeness (QED) is 0.726. The lowest BCUT2D eigenvalue weighted by molar-refractivity contribution is -0.148. The van der Waals surface area contributed by atoms with Gasteiger partial charge >= 0.3 is 5.97 Å². The van der Waals surface area contributed by atoms with Crippen molar-refractivity contribution >= 4 is 11.8 Å². The smallest absolute Gasteiger partial charge is 0.372 e. The molecule has 0 atom stereocenters. The monoisotopic (exact) mass is 210 g/mol. The van der Waals surface area contributed by atoms with Gasteiger partial charge in [0.2, 0.25) is 5.78 Å². The molecule has 15 heavy (non-hydrogen) atoms. The summed E-state index contributed by atoms with van der Waals surface area (Å²) in [5.41, 5.74) is 1.27. The van der Waals surface area contributed by atoms with E-state index in [9.17, 15) is 9.59 Å². The minimum atomic E-state index is -1.41.